The summed E-state index contributed by atoms with van der Waals surface area (Å²) in [7, 11) is 0. The van der Waals surface area contributed by atoms with Gasteiger partial charge in [0.25, 0.3) is 0 Å². The molecule has 2 atom stereocenters. The zero-order valence-electron chi connectivity index (χ0n) is 16.2. The second kappa shape index (κ2) is 7.58. The molecule has 148 valence electrons. The number of benzene rings is 1. The lowest BCUT2D eigenvalue weighted by Crippen LogP contribution is -2.26. The molecular formula is C22H21FN4O2. The van der Waals surface area contributed by atoms with Gasteiger partial charge >= 0.3 is 0 Å². The highest BCUT2D eigenvalue weighted by Gasteiger charge is 2.60. The summed E-state index contributed by atoms with van der Waals surface area (Å²) in [5.74, 6) is 0.311. The first kappa shape index (κ1) is 19.0. The minimum atomic E-state index is -0.586. The van der Waals surface area contributed by atoms with Crippen molar-refractivity contribution >= 4 is 11.6 Å². The summed E-state index contributed by atoms with van der Waals surface area (Å²) >= 11 is 0. The van der Waals surface area contributed by atoms with Crippen LogP contribution in [0, 0.1) is 25.7 Å². The normalized spacial score (nSPS) is 20.2. The second-order valence-electron chi connectivity index (χ2n) is 7.29. The number of ether oxygens (including phenoxy) is 1. The van der Waals surface area contributed by atoms with E-state index in [0.717, 1.165) is 11.3 Å². The van der Waals surface area contributed by atoms with E-state index in [0.29, 0.717) is 30.3 Å². The van der Waals surface area contributed by atoms with Crippen LogP contribution in [-0.2, 0) is 10.2 Å². The highest BCUT2D eigenvalue weighted by atomic mass is 19.1. The number of amides is 1. The van der Waals surface area contributed by atoms with Crippen molar-refractivity contribution in [1.29, 1.82) is 0 Å². The van der Waals surface area contributed by atoms with Crippen LogP contribution >= 0.6 is 0 Å². The molecule has 4 rings (SSSR count). The van der Waals surface area contributed by atoms with Crippen molar-refractivity contribution in [1.82, 2.24) is 15.0 Å². The first-order valence-corrected chi connectivity index (χ1v) is 9.39. The van der Waals surface area contributed by atoms with Crippen molar-refractivity contribution in [2.45, 2.75) is 25.7 Å². The minimum Gasteiger partial charge on any atom is -0.489 e. The van der Waals surface area contributed by atoms with Gasteiger partial charge in [-0.3, -0.25) is 4.79 Å². The first-order chi connectivity index (χ1) is 14.0. The van der Waals surface area contributed by atoms with Crippen LogP contribution in [0.25, 0.3) is 0 Å². The van der Waals surface area contributed by atoms with Crippen LogP contribution in [0.2, 0.25) is 0 Å². The molecule has 0 radical (unpaired) electrons. The Kier molecular flexibility index (Phi) is 4.96. The van der Waals surface area contributed by atoms with Gasteiger partial charge in [0.1, 0.15) is 5.82 Å². The molecular weight excluding hydrogens is 371 g/mol. The zero-order valence-corrected chi connectivity index (χ0v) is 16.2. The van der Waals surface area contributed by atoms with Crippen molar-refractivity contribution in [3.05, 3.63) is 77.9 Å². The van der Waals surface area contributed by atoms with Gasteiger partial charge in [0.15, 0.2) is 5.75 Å². The Morgan fingerprint density at radius 1 is 1.17 bits per heavy atom. The molecule has 1 aliphatic rings. The monoisotopic (exact) mass is 392 g/mol. The Labute approximate surface area is 168 Å². The highest BCUT2D eigenvalue weighted by molar-refractivity contribution is 5.96. The Morgan fingerprint density at radius 2 is 1.97 bits per heavy atom. The van der Waals surface area contributed by atoms with Gasteiger partial charge in [-0.1, -0.05) is 30.3 Å². The molecule has 0 aliphatic heterocycles. The lowest BCUT2D eigenvalue weighted by Gasteiger charge is -2.19. The lowest BCUT2D eigenvalue weighted by atomic mass is 9.93. The van der Waals surface area contributed by atoms with Gasteiger partial charge in [-0.15, -0.1) is 0 Å². The van der Waals surface area contributed by atoms with Gasteiger partial charge in [-0.05, 0) is 38.0 Å². The van der Waals surface area contributed by atoms with E-state index in [1.165, 1.54) is 18.3 Å². The summed E-state index contributed by atoms with van der Waals surface area (Å²) < 4.78 is 19.1. The molecule has 0 spiro atoms. The Morgan fingerprint density at radius 3 is 2.66 bits per heavy atom. The predicted octanol–water partition coefficient (Wildman–Crippen LogP) is 3.60. The molecule has 1 saturated carbocycles. The summed E-state index contributed by atoms with van der Waals surface area (Å²) in [4.78, 5) is 25.0. The number of carbonyl (C=O) groups excluding carboxylic acids is 1. The third-order valence-electron chi connectivity index (χ3n) is 5.28. The summed E-state index contributed by atoms with van der Waals surface area (Å²) in [6.45, 7) is 4.04. The first-order valence-electron chi connectivity index (χ1n) is 9.39. The van der Waals surface area contributed by atoms with E-state index in [-0.39, 0.29) is 11.8 Å². The predicted molar refractivity (Wildman–Crippen MR) is 106 cm³/mol. The van der Waals surface area contributed by atoms with Crippen LogP contribution in [0.4, 0.5) is 10.1 Å². The molecule has 29 heavy (non-hydrogen) atoms. The van der Waals surface area contributed by atoms with E-state index in [9.17, 15) is 9.18 Å². The van der Waals surface area contributed by atoms with Crippen LogP contribution in [0.3, 0.4) is 0 Å². The molecule has 0 saturated heterocycles. The van der Waals surface area contributed by atoms with Crippen molar-refractivity contribution < 1.29 is 13.9 Å². The number of anilines is 1. The highest BCUT2D eigenvalue weighted by Crippen LogP contribution is 2.55. The van der Waals surface area contributed by atoms with Gasteiger partial charge in [0.05, 0.1) is 36.3 Å². The van der Waals surface area contributed by atoms with Crippen molar-refractivity contribution in [3.63, 3.8) is 0 Å². The number of nitrogens with zero attached hydrogens (tertiary/aromatic N) is 3. The standard InChI is InChI=1S/C22H21FN4O2/c1-14-19(12-24-15(2)26-14)29-13-22(16-6-4-3-5-7-16)10-18(22)21(28)27-17-8-9-20(23)25-11-17/h3-9,11-12,18H,10,13H2,1-2H3,(H,27,28)/t18?,22-/m1/s1. The smallest absolute Gasteiger partial charge is 0.228 e. The number of aromatic nitrogens is 3. The molecule has 2 heterocycles. The number of hydrogen-bond donors (Lipinski definition) is 1. The molecule has 1 N–H and O–H groups in total. The van der Waals surface area contributed by atoms with Crippen molar-refractivity contribution in [2.75, 3.05) is 11.9 Å². The zero-order chi connectivity index (χ0) is 20.4. The molecule has 1 unspecified atom stereocenters. The molecule has 1 aliphatic carbocycles. The van der Waals surface area contributed by atoms with Crippen LogP contribution in [0.5, 0.6) is 5.75 Å². The Bertz CT molecular complexity index is 1030. The number of carbonyl (C=O) groups is 1. The maximum atomic E-state index is 13.0. The molecule has 6 nitrogen and oxygen atoms in total. The molecule has 1 aromatic carbocycles. The van der Waals surface area contributed by atoms with Crippen molar-refractivity contribution in [2.24, 2.45) is 5.92 Å². The average Bonchev–Trinajstić information content (AvgIpc) is 3.46. The molecule has 3 aromatic rings. The fourth-order valence-corrected chi connectivity index (χ4v) is 3.58. The van der Waals surface area contributed by atoms with Gasteiger partial charge in [0, 0.05) is 5.41 Å². The maximum Gasteiger partial charge on any atom is 0.228 e. The van der Waals surface area contributed by atoms with Gasteiger partial charge in [0.2, 0.25) is 11.9 Å². The summed E-state index contributed by atoms with van der Waals surface area (Å²) in [6.07, 6.45) is 3.63. The third kappa shape index (κ3) is 3.94. The van der Waals surface area contributed by atoms with Crippen LogP contribution in [0.15, 0.2) is 54.9 Å². The largest absolute Gasteiger partial charge is 0.489 e. The van der Waals surface area contributed by atoms with Gasteiger partial charge in [-0.25, -0.2) is 15.0 Å². The van der Waals surface area contributed by atoms with Gasteiger partial charge < -0.3 is 10.1 Å². The molecule has 2 aromatic heterocycles. The second-order valence-corrected chi connectivity index (χ2v) is 7.29. The average molecular weight is 392 g/mol. The van der Waals surface area contributed by atoms with E-state index in [4.69, 9.17) is 4.74 Å². The Hall–Kier alpha value is -3.35. The number of rotatable bonds is 6. The van der Waals surface area contributed by atoms with E-state index in [1.807, 2.05) is 44.2 Å². The summed E-state index contributed by atoms with van der Waals surface area (Å²) in [5.41, 5.74) is 1.84. The van der Waals surface area contributed by atoms with E-state index in [1.54, 1.807) is 6.20 Å². The number of aryl methyl sites for hydroxylation is 2. The quantitative estimate of drug-likeness (QED) is 0.649. The number of halogens is 1. The van der Waals surface area contributed by atoms with Gasteiger partial charge in [-0.2, -0.15) is 4.39 Å². The summed E-state index contributed by atoms with van der Waals surface area (Å²) in [6, 6.07) is 12.6. The lowest BCUT2D eigenvalue weighted by molar-refractivity contribution is -0.117. The number of nitrogens with one attached hydrogen (secondary N) is 1. The topological polar surface area (TPSA) is 77.0 Å². The molecule has 0 bridgehead atoms. The van der Waals surface area contributed by atoms with Crippen LogP contribution in [0.1, 0.15) is 23.5 Å². The molecule has 7 heteroatoms. The fraction of sp³-hybridized carbons (Fsp3) is 0.273. The Balaban J connectivity index is 1.53. The maximum absolute atomic E-state index is 13.0. The van der Waals surface area contributed by atoms with E-state index in [2.05, 4.69) is 20.3 Å². The third-order valence-corrected chi connectivity index (χ3v) is 5.28. The van der Waals surface area contributed by atoms with Crippen molar-refractivity contribution in [3.8, 4) is 5.75 Å². The number of pyridine rings is 1. The van der Waals surface area contributed by atoms with Crippen LogP contribution in [-0.4, -0.2) is 27.5 Å². The SMILES string of the molecule is Cc1ncc(OC[C@@]2(c3ccccc3)CC2C(=O)Nc2ccc(F)nc2)c(C)n1. The number of hydrogen-bond acceptors (Lipinski definition) is 5. The van der Waals surface area contributed by atoms with E-state index < -0.39 is 11.4 Å². The van der Waals surface area contributed by atoms with E-state index >= 15 is 0 Å². The minimum absolute atomic E-state index is 0.136. The molecule has 1 fully saturated rings. The molecule has 1 amide bonds. The van der Waals surface area contributed by atoms with Crippen LogP contribution < -0.4 is 10.1 Å². The summed E-state index contributed by atoms with van der Waals surface area (Å²) in [5, 5.41) is 2.82. The fourth-order valence-electron chi connectivity index (χ4n) is 3.58.